The van der Waals surface area contributed by atoms with E-state index in [4.69, 9.17) is 0 Å². The molecule has 2 N–H and O–H groups in total. The number of hydrogen-bond donors (Lipinski definition) is 2. The Morgan fingerprint density at radius 3 is 1.44 bits per heavy atom. The molecular formula is C11H20N2O5. The maximum atomic E-state index is 11.6. The molecule has 2 unspecified atom stereocenters. The predicted octanol–water partition coefficient (Wildman–Crippen LogP) is 0.189. The zero-order valence-corrected chi connectivity index (χ0v) is 11.1. The maximum Gasteiger partial charge on any atom is 0.328 e. The second-order valence-corrected chi connectivity index (χ2v) is 3.59. The Balaban J connectivity index is 4.39. The quantitative estimate of drug-likeness (QED) is 0.665. The second kappa shape index (κ2) is 8.32. The molecule has 0 aromatic rings. The zero-order valence-electron chi connectivity index (χ0n) is 11.1. The maximum absolute atomic E-state index is 11.6. The Hall–Kier alpha value is -1.79. The van der Waals surface area contributed by atoms with Crippen molar-refractivity contribution < 1.29 is 23.9 Å². The number of methoxy groups -OCH3 is 2. The molecule has 0 aliphatic heterocycles. The van der Waals surface area contributed by atoms with Gasteiger partial charge in [-0.05, 0) is 12.8 Å². The molecule has 2 atom stereocenters. The van der Waals surface area contributed by atoms with Crippen molar-refractivity contribution in [1.29, 1.82) is 0 Å². The van der Waals surface area contributed by atoms with Crippen LogP contribution in [0.5, 0.6) is 0 Å². The summed E-state index contributed by atoms with van der Waals surface area (Å²) in [6.45, 7) is 3.47. The zero-order chi connectivity index (χ0) is 14.1. The fraction of sp³-hybridized carbons (Fsp3) is 0.727. The van der Waals surface area contributed by atoms with Gasteiger partial charge in [0, 0.05) is 0 Å². The van der Waals surface area contributed by atoms with E-state index in [0.717, 1.165) is 0 Å². The van der Waals surface area contributed by atoms with Gasteiger partial charge in [0.25, 0.3) is 0 Å². The Morgan fingerprint density at radius 1 is 0.889 bits per heavy atom. The van der Waals surface area contributed by atoms with Crippen LogP contribution in [0.15, 0.2) is 0 Å². The van der Waals surface area contributed by atoms with Crippen LogP contribution in [0, 0.1) is 0 Å². The van der Waals surface area contributed by atoms with Crippen LogP contribution in [0.2, 0.25) is 0 Å². The van der Waals surface area contributed by atoms with E-state index in [0.29, 0.717) is 12.8 Å². The van der Waals surface area contributed by atoms with Crippen molar-refractivity contribution in [3.05, 3.63) is 0 Å². The third kappa shape index (κ3) is 5.03. The van der Waals surface area contributed by atoms with E-state index in [2.05, 4.69) is 20.1 Å². The van der Waals surface area contributed by atoms with Crippen LogP contribution in [-0.2, 0) is 19.1 Å². The normalized spacial score (nSPS) is 13.1. The molecule has 0 spiro atoms. The number of hydrogen-bond acceptors (Lipinski definition) is 5. The molecule has 0 rings (SSSR count). The Bertz CT molecular complexity index is 278. The highest BCUT2D eigenvalue weighted by Gasteiger charge is 2.23. The molecule has 0 radical (unpaired) electrons. The van der Waals surface area contributed by atoms with Gasteiger partial charge in [-0.3, -0.25) is 0 Å². The molecule has 0 saturated carbocycles. The van der Waals surface area contributed by atoms with Gasteiger partial charge >= 0.3 is 18.0 Å². The summed E-state index contributed by atoms with van der Waals surface area (Å²) in [5, 5.41) is 4.86. The number of carbonyl (C=O) groups excluding carboxylic acids is 3. The summed E-state index contributed by atoms with van der Waals surface area (Å²) in [4.78, 5) is 34.1. The molecule has 2 amide bonds. The van der Waals surface area contributed by atoms with Crippen molar-refractivity contribution in [3.8, 4) is 0 Å². The van der Waals surface area contributed by atoms with Crippen molar-refractivity contribution in [2.45, 2.75) is 38.8 Å². The third-order valence-electron chi connectivity index (χ3n) is 2.40. The Labute approximate surface area is 106 Å². The van der Waals surface area contributed by atoms with Crippen LogP contribution in [0.1, 0.15) is 26.7 Å². The minimum Gasteiger partial charge on any atom is -0.467 e. The third-order valence-corrected chi connectivity index (χ3v) is 2.40. The number of nitrogens with one attached hydrogen (secondary N) is 2. The Kier molecular flexibility index (Phi) is 7.50. The predicted molar refractivity (Wildman–Crippen MR) is 63.9 cm³/mol. The van der Waals surface area contributed by atoms with E-state index >= 15 is 0 Å². The average Bonchev–Trinajstić information content (AvgIpc) is 2.40. The summed E-state index contributed by atoms with van der Waals surface area (Å²) in [6.07, 6.45) is 0.796. The smallest absolute Gasteiger partial charge is 0.328 e. The summed E-state index contributed by atoms with van der Waals surface area (Å²) in [5.41, 5.74) is 0. The topological polar surface area (TPSA) is 93.7 Å². The molecule has 18 heavy (non-hydrogen) atoms. The van der Waals surface area contributed by atoms with Gasteiger partial charge in [0.15, 0.2) is 0 Å². The summed E-state index contributed by atoms with van der Waals surface area (Å²) < 4.78 is 9.06. The first-order chi connectivity index (χ1) is 8.49. The minimum absolute atomic E-state index is 0.398. The van der Waals surface area contributed by atoms with Gasteiger partial charge in [-0.2, -0.15) is 0 Å². The van der Waals surface area contributed by atoms with Crippen molar-refractivity contribution in [2.24, 2.45) is 0 Å². The van der Waals surface area contributed by atoms with Gasteiger partial charge < -0.3 is 20.1 Å². The van der Waals surface area contributed by atoms with E-state index in [1.807, 2.05) is 0 Å². The monoisotopic (exact) mass is 260 g/mol. The van der Waals surface area contributed by atoms with Crippen LogP contribution >= 0.6 is 0 Å². The van der Waals surface area contributed by atoms with E-state index in [1.54, 1.807) is 13.8 Å². The summed E-state index contributed by atoms with van der Waals surface area (Å²) in [7, 11) is 2.49. The lowest BCUT2D eigenvalue weighted by molar-refractivity contribution is -0.143. The number of carbonyl (C=O) groups is 3. The number of rotatable bonds is 6. The highest BCUT2D eigenvalue weighted by Crippen LogP contribution is 1.97. The molecule has 0 heterocycles. The van der Waals surface area contributed by atoms with Crippen molar-refractivity contribution in [1.82, 2.24) is 10.6 Å². The molecule has 0 aliphatic carbocycles. The van der Waals surface area contributed by atoms with Gasteiger partial charge in [0.05, 0.1) is 14.2 Å². The number of urea groups is 1. The van der Waals surface area contributed by atoms with E-state index in [9.17, 15) is 14.4 Å². The van der Waals surface area contributed by atoms with Crippen LogP contribution in [-0.4, -0.2) is 44.3 Å². The average molecular weight is 260 g/mol. The number of amides is 2. The van der Waals surface area contributed by atoms with Gasteiger partial charge in [0.2, 0.25) is 0 Å². The van der Waals surface area contributed by atoms with Crippen LogP contribution < -0.4 is 10.6 Å². The summed E-state index contributed by atoms with van der Waals surface area (Å²) in [6, 6.07) is -2.07. The van der Waals surface area contributed by atoms with Gasteiger partial charge in [-0.15, -0.1) is 0 Å². The molecule has 0 aliphatic rings. The standard InChI is InChI=1S/C11H20N2O5/c1-5-7(9(14)17-3)12-11(16)13-8(6-2)10(15)18-4/h7-8H,5-6H2,1-4H3,(H2,12,13,16). The van der Waals surface area contributed by atoms with Gasteiger partial charge in [0.1, 0.15) is 12.1 Å². The van der Waals surface area contributed by atoms with Crippen molar-refractivity contribution in [3.63, 3.8) is 0 Å². The lowest BCUT2D eigenvalue weighted by atomic mass is 10.2. The molecule has 0 aromatic heterocycles. The molecule has 7 nitrogen and oxygen atoms in total. The van der Waals surface area contributed by atoms with E-state index in [-0.39, 0.29) is 0 Å². The fourth-order valence-electron chi connectivity index (χ4n) is 1.30. The summed E-state index contributed by atoms with van der Waals surface area (Å²) in [5.74, 6) is -1.06. The van der Waals surface area contributed by atoms with Gasteiger partial charge in [-0.1, -0.05) is 13.8 Å². The van der Waals surface area contributed by atoms with Crippen molar-refractivity contribution in [2.75, 3.05) is 14.2 Å². The number of esters is 2. The fourth-order valence-corrected chi connectivity index (χ4v) is 1.30. The highest BCUT2D eigenvalue weighted by atomic mass is 16.5. The van der Waals surface area contributed by atoms with E-state index < -0.39 is 30.1 Å². The molecule has 104 valence electrons. The van der Waals surface area contributed by atoms with Crippen LogP contribution in [0.3, 0.4) is 0 Å². The summed E-state index contributed by atoms with van der Waals surface area (Å²) >= 11 is 0. The molecule has 0 aromatic carbocycles. The highest BCUT2D eigenvalue weighted by molar-refractivity contribution is 5.86. The van der Waals surface area contributed by atoms with Gasteiger partial charge in [-0.25, -0.2) is 14.4 Å². The first-order valence-corrected chi connectivity index (χ1v) is 5.72. The van der Waals surface area contributed by atoms with Crippen molar-refractivity contribution >= 4 is 18.0 Å². The molecule has 0 fully saturated rings. The first-order valence-electron chi connectivity index (χ1n) is 5.72. The lowest BCUT2D eigenvalue weighted by Crippen LogP contribution is -2.51. The number of ether oxygens (including phenoxy) is 2. The lowest BCUT2D eigenvalue weighted by Gasteiger charge is -2.18. The SMILES string of the molecule is CCC(NC(=O)NC(CC)C(=O)OC)C(=O)OC. The largest absolute Gasteiger partial charge is 0.467 e. The first kappa shape index (κ1) is 16.2. The van der Waals surface area contributed by atoms with Crippen LogP contribution in [0.4, 0.5) is 4.79 Å². The molecule has 7 heteroatoms. The molecule has 0 saturated heterocycles. The second-order valence-electron chi connectivity index (χ2n) is 3.59. The minimum atomic E-state index is -0.731. The van der Waals surface area contributed by atoms with E-state index in [1.165, 1.54) is 14.2 Å². The van der Waals surface area contributed by atoms with Crippen LogP contribution in [0.25, 0.3) is 0 Å². The Morgan fingerprint density at radius 2 is 1.22 bits per heavy atom. The molecular weight excluding hydrogens is 240 g/mol. The molecule has 0 bridgehead atoms.